The van der Waals surface area contributed by atoms with Gasteiger partial charge in [0.15, 0.2) is 17.8 Å². The van der Waals surface area contributed by atoms with E-state index in [9.17, 15) is 14.4 Å². The zero-order valence-electron chi connectivity index (χ0n) is 21.3. The SMILES string of the molecule is CCn1c(=O)c2c(nc(C=Cc3ccc(OCC(=O)N(C)CCN(C)C)cc3)n2C)n(CC)c1=O. The minimum absolute atomic E-state index is 0.0204. The molecule has 0 radical (unpaired) electrons. The summed E-state index contributed by atoms with van der Waals surface area (Å²) in [6.07, 6.45) is 3.68. The maximum absolute atomic E-state index is 12.8. The molecule has 10 nitrogen and oxygen atoms in total. The number of benzene rings is 1. The first-order valence-electron chi connectivity index (χ1n) is 11.7. The molecule has 2 heterocycles. The van der Waals surface area contributed by atoms with E-state index in [1.54, 1.807) is 48.7 Å². The van der Waals surface area contributed by atoms with Crippen LogP contribution in [0.15, 0.2) is 33.9 Å². The zero-order valence-corrected chi connectivity index (χ0v) is 21.3. The predicted octanol–water partition coefficient (Wildman–Crippen LogP) is 1.51. The molecule has 0 spiro atoms. The number of carbonyl (C=O) groups is 1. The molecule has 3 aromatic rings. The second-order valence-corrected chi connectivity index (χ2v) is 8.59. The quantitative estimate of drug-likeness (QED) is 0.435. The molecule has 0 N–H and O–H groups in total. The molecule has 3 rings (SSSR count). The summed E-state index contributed by atoms with van der Waals surface area (Å²) in [4.78, 5) is 45.9. The second-order valence-electron chi connectivity index (χ2n) is 8.59. The smallest absolute Gasteiger partial charge is 0.332 e. The number of aryl methyl sites for hydroxylation is 2. The Hall–Kier alpha value is -3.66. The highest BCUT2D eigenvalue weighted by Crippen LogP contribution is 2.16. The van der Waals surface area contributed by atoms with Crippen LogP contribution in [-0.4, -0.2) is 75.2 Å². The van der Waals surface area contributed by atoms with E-state index in [4.69, 9.17) is 4.74 Å². The van der Waals surface area contributed by atoms with Gasteiger partial charge in [0, 0.05) is 40.3 Å². The number of rotatable bonds is 10. The van der Waals surface area contributed by atoms with Gasteiger partial charge in [-0.05, 0) is 51.7 Å². The van der Waals surface area contributed by atoms with Gasteiger partial charge in [-0.2, -0.15) is 0 Å². The zero-order chi connectivity index (χ0) is 25.7. The third kappa shape index (κ3) is 5.71. The van der Waals surface area contributed by atoms with E-state index in [0.29, 0.717) is 42.4 Å². The van der Waals surface area contributed by atoms with Crippen LogP contribution in [-0.2, 0) is 24.9 Å². The van der Waals surface area contributed by atoms with Crippen molar-refractivity contribution in [2.24, 2.45) is 7.05 Å². The van der Waals surface area contributed by atoms with Crippen molar-refractivity contribution in [1.29, 1.82) is 0 Å². The fourth-order valence-corrected chi connectivity index (χ4v) is 3.67. The number of hydrogen-bond acceptors (Lipinski definition) is 6. The molecule has 0 aliphatic carbocycles. The molecule has 1 aromatic carbocycles. The highest BCUT2D eigenvalue weighted by Gasteiger charge is 2.17. The molecule has 10 heteroatoms. The monoisotopic (exact) mass is 482 g/mol. The van der Waals surface area contributed by atoms with E-state index in [1.165, 1.54) is 9.13 Å². The highest BCUT2D eigenvalue weighted by molar-refractivity contribution is 5.78. The average molecular weight is 483 g/mol. The van der Waals surface area contributed by atoms with Crippen LogP contribution in [0, 0.1) is 0 Å². The predicted molar refractivity (Wildman–Crippen MR) is 138 cm³/mol. The van der Waals surface area contributed by atoms with Crippen molar-refractivity contribution in [2.75, 3.05) is 40.8 Å². The normalized spacial score (nSPS) is 11.6. The summed E-state index contributed by atoms with van der Waals surface area (Å²) < 4.78 is 10.1. The van der Waals surface area contributed by atoms with Crippen LogP contribution < -0.4 is 16.0 Å². The number of aromatic nitrogens is 4. The highest BCUT2D eigenvalue weighted by atomic mass is 16.5. The lowest BCUT2D eigenvalue weighted by atomic mass is 10.2. The van der Waals surface area contributed by atoms with Gasteiger partial charge in [-0.15, -0.1) is 0 Å². The van der Waals surface area contributed by atoms with Crippen LogP contribution in [0.4, 0.5) is 0 Å². The average Bonchev–Trinajstić information content (AvgIpc) is 3.16. The molecule has 188 valence electrons. The Kier molecular flexibility index (Phi) is 8.29. The van der Waals surface area contributed by atoms with Gasteiger partial charge in [-0.25, -0.2) is 9.78 Å². The van der Waals surface area contributed by atoms with E-state index in [1.807, 2.05) is 44.1 Å². The van der Waals surface area contributed by atoms with Gasteiger partial charge >= 0.3 is 5.69 Å². The molecule has 0 saturated carbocycles. The van der Waals surface area contributed by atoms with Crippen molar-refractivity contribution >= 4 is 29.2 Å². The van der Waals surface area contributed by atoms with Crippen LogP contribution in [0.2, 0.25) is 0 Å². The number of carbonyl (C=O) groups excluding carboxylic acids is 1. The number of fused-ring (bicyclic) bond motifs is 1. The van der Waals surface area contributed by atoms with Crippen molar-refractivity contribution in [1.82, 2.24) is 28.5 Å². The Labute approximate surface area is 204 Å². The summed E-state index contributed by atoms with van der Waals surface area (Å²) in [5, 5.41) is 0. The van der Waals surface area contributed by atoms with Crippen molar-refractivity contribution in [3.05, 3.63) is 56.5 Å². The lowest BCUT2D eigenvalue weighted by Crippen LogP contribution is -2.39. The summed E-state index contributed by atoms with van der Waals surface area (Å²) >= 11 is 0. The Bertz CT molecular complexity index is 1330. The Balaban J connectivity index is 1.74. The van der Waals surface area contributed by atoms with Crippen LogP contribution in [0.5, 0.6) is 5.75 Å². The van der Waals surface area contributed by atoms with Gasteiger partial charge in [0.2, 0.25) is 0 Å². The topological polar surface area (TPSA) is 94.6 Å². The summed E-state index contributed by atoms with van der Waals surface area (Å²) in [7, 11) is 7.46. The van der Waals surface area contributed by atoms with Crippen LogP contribution in [0.3, 0.4) is 0 Å². The van der Waals surface area contributed by atoms with Crippen LogP contribution in [0.1, 0.15) is 25.2 Å². The molecule has 0 fully saturated rings. The minimum atomic E-state index is -0.348. The molecule has 0 atom stereocenters. The third-order valence-electron chi connectivity index (χ3n) is 5.88. The first-order valence-corrected chi connectivity index (χ1v) is 11.7. The largest absolute Gasteiger partial charge is 0.484 e. The van der Waals surface area contributed by atoms with Gasteiger partial charge in [-0.1, -0.05) is 18.2 Å². The fraction of sp³-hybridized carbons (Fsp3) is 0.440. The van der Waals surface area contributed by atoms with Gasteiger partial charge in [-0.3, -0.25) is 18.7 Å². The molecule has 0 saturated heterocycles. The maximum Gasteiger partial charge on any atom is 0.332 e. The van der Waals surface area contributed by atoms with Crippen molar-refractivity contribution < 1.29 is 9.53 Å². The number of hydrogen-bond donors (Lipinski definition) is 0. The first-order chi connectivity index (χ1) is 16.7. The Morgan fingerprint density at radius 1 is 1.00 bits per heavy atom. The molecule has 0 unspecified atom stereocenters. The van der Waals surface area contributed by atoms with E-state index in [2.05, 4.69) is 4.98 Å². The number of likely N-dealkylation sites (N-methyl/N-ethyl adjacent to an activating group) is 2. The number of nitrogens with zero attached hydrogens (tertiary/aromatic N) is 6. The van der Waals surface area contributed by atoms with Crippen molar-refractivity contribution in [3.8, 4) is 5.75 Å². The lowest BCUT2D eigenvalue weighted by molar-refractivity contribution is -0.132. The molecule has 2 aromatic heterocycles. The Morgan fingerprint density at radius 2 is 1.66 bits per heavy atom. The standard InChI is InChI=1S/C25H34N6O4/c1-7-30-23-22(24(33)31(8-2)25(30)34)29(6)20(26-23)14-11-18-9-12-19(13-10-18)35-17-21(32)28(5)16-15-27(3)4/h9-14H,7-8,15-17H2,1-6H3. The molecular weight excluding hydrogens is 448 g/mol. The molecule has 35 heavy (non-hydrogen) atoms. The van der Waals surface area contributed by atoms with Crippen molar-refractivity contribution in [3.63, 3.8) is 0 Å². The number of amides is 1. The molecule has 0 bridgehead atoms. The van der Waals surface area contributed by atoms with Gasteiger partial charge in [0.25, 0.3) is 11.5 Å². The van der Waals surface area contributed by atoms with E-state index in [0.717, 1.165) is 12.1 Å². The minimum Gasteiger partial charge on any atom is -0.484 e. The third-order valence-corrected chi connectivity index (χ3v) is 5.88. The molecule has 0 aliphatic heterocycles. The number of imidazole rings is 1. The van der Waals surface area contributed by atoms with E-state index >= 15 is 0 Å². The molecular formula is C25H34N6O4. The van der Waals surface area contributed by atoms with Gasteiger partial charge < -0.3 is 19.1 Å². The lowest BCUT2D eigenvalue weighted by Gasteiger charge is -2.19. The first kappa shape index (κ1) is 26.0. The van der Waals surface area contributed by atoms with Gasteiger partial charge in [0.1, 0.15) is 11.6 Å². The summed E-state index contributed by atoms with van der Waals surface area (Å²) in [5.41, 5.74) is 1.00. The summed E-state index contributed by atoms with van der Waals surface area (Å²) in [6.45, 7) is 5.77. The van der Waals surface area contributed by atoms with Crippen molar-refractivity contribution in [2.45, 2.75) is 26.9 Å². The molecule has 1 amide bonds. The fourth-order valence-electron chi connectivity index (χ4n) is 3.67. The van der Waals surface area contributed by atoms with E-state index in [-0.39, 0.29) is 23.8 Å². The van der Waals surface area contributed by atoms with E-state index < -0.39 is 0 Å². The summed E-state index contributed by atoms with van der Waals surface area (Å²) in [6, 6.07) is 7.36. The van der Waals surface area contributed by atoms with Gasteiger partial charge in [0.05, 0.1) is 0 Å². The maximum atomic E-state index is 12.8. The number of ether oxygens (including phenoxy) is 1. The molecule has 0 aliphatic rings. The van der Waals surface area contributed by atoms with Crippen LogP contribution in [0.25, 0.3) is 23.3 Å². The second kappa shape index (κ2) is 11.2. The Morgan fingerprint density at radius 3 is 2.26 bits per heavy atom. The summed E-state index contributed by atoms with van der Waals surface area (Å²) in [5.74, 6) is 1.09. The van der Waals surface area contributed by atoms with Crippen LogP contribution >= 0.6 is 0 Å².